The van der Waals surface area contributed by atoms with Gasteiger partial charge < -0.3 is 5.11 Å². The molecule has 2 amide bonds. The number of carbonyl (C=O) groups excluding carboxylic acids is 2. The van der Waals surface area contributed by atoms with Crippen molar-refractivity contribution in [2.45, 2.75) is 45.4 Å². The third-order valence-corrected chi connectivity index (χ3v) is 8.09. The summed E-state index contributed by atoms with van der Waals surface area (Å²) in [5.74, 6) is -1.73. The number of hydrogen-bond acceptors (Lipinski definition) is 3. The van der Waals surface area contributed by atoms with E-state index in [2.05, 4.69) is 67.8 Å². The number of benzene rings is 1. The van der Waals surface area contributed by atoms with Crippen molar-refractivity contribution in [1.29, 1.82) is 0 Å². The van der Waals surface area contributed by atoms with Crippen molar-refractivity contribution in [2.75, 3.05) is 4.90 Å². The molecule has 1 aliphatic carbocycles. The predicted molar refractivity (Wildman–Crippen MR) is 128 cm³/mol. The van der Waals surface area contributed by atoms with E-state index < -0.39 is 11.9 Å². The van der Waals surface area contributed by atoms with E-state index in [1.807, 2.05) is 13.0 Å². The van der Waals surface area contributed by atoms with Crippen LogP contribution in [0.15, 0.2) is 17.2 Å². The molecule has 144 valence electrons. The highest BCUT2D eigenvalue weighted by molar-refractivity contribution is 14.1. The van der Waals surface area contributed by atoms with Crippen molar-refractivity contribution in [2.24, 2.45) is 5.92 Å². The van der Waals surface area contributed by atoms with E-state index in [0.717, 1.165) is 29.1 Å². The number of amides is 2. The molecule has 1 N–H and O–H groups in total. The number of hydrogen-bond donors (Lipinski definition) is 1. The minimum Gasteiger partial charge on any atom is -0.481 e. The molecule has 27 heavy (non-hydrogen) atoms. The molecule has 1 atom stereocenters. The fourth-order valence-electron chi connectivity index (χ4n) is 3.61. The van der Waals surface area contributed by atoms with Crippen LogP contribution in [0, 0.1) is 16.6 Å². The highest BCUT2D eigenvalue weighted by Gasteiger charge is 2.41. The van der Waals surface area contributed by atoms with Gasteiger partial charge in [-0.25, -0.2) is 4.90 Å². The van der Waals surface area contributed by atoms with Crippen molar-refractivity contribution in [3.8, 4) is 0 Å². The summed E-state index contributed by atoms with van der Waals surface area (Å²) in [7, 11) is 0. The van der Waals surface area contributed by atoms with E-state index in [9.17, 15) is 19.5 Å². The van der Waals surface area contributed by atoms with Gasteiger partial charge in [0.15, 0.2) is 0 Å². The Bertz CT molecular complexity index is 850. The Morgan fingerprint density at radius 3 is 2.15 bits per heavy atom. The van der Waals surface area contributed by atoms with Gasteiger partial charge >= 0.3 is 5.97 Å². The number of aliphatic carboxylic acids is 1. The molecule has 0 radical (unpaired) electrons. The van der Waals surface area contributed by atoms with E-state index in [0.29, 0.717) is 42.5 Å². The molecule has 8 heteroatoms. The molecule has 1 aromatic rings. The van der Waals surface area contributed by atoms with Gasteiger partial charge in [-0.15, -0.1) is 0 Å². The number of carbonyl (C=O) groups is 3. The largest absolute Gasteiger partial charge is 0.481 e. The van der Waals surface area contributed by atoms with Crippen LogP contribution >= 0.6 is 67.8 Å². The maximum atomic E-state index is 13.0. The molecule has 0 aromatic heterocycles. The van der Waals surface area contributed by atoms with Crippen LogP contribution in [0.2, 0.25) is 0 Å². The molecular formula is C19H18I3NO4. The third kappa shape index (κ3) is 3.94. The maximum Gasteiger partial charge on any atom is 0.306 e. The molecule has 0 fully saturated rings. The summed E-state index contributed by atoms with van der Waals surface area (Å²) in [6.45, 7) is 1.86. The molecule has 0 saturated heterocycles. The maximum absolute atomic E-state index is 13.0. The fraction of sp³-hybridized carbons (Fsp3) is 0.421. The number of halogens is 3. The van der Waals surface area contributed by atoms with Gasteiger partial charge in [-0.3, -0.25) is 14.4 Å². The zero-order chi connectivity index (χ0) is 19.9. The van der Waals surface area contributed by atoms with Crippen LogP contribution in [-0.4, -0.2) is 22.9 Å². The molecule has 3 rings (SSSR count). The van der Waals surface area contributed by atoms with E-state index in [1.165, 1.54) is 4.90 Å². The summed E-state index contributed by atoms with van der Waals surface area (Å²) in [6, 6.07) is 1.93. The summed E-state index contributed by atoms with van der Waals surface area (Å²) < 4.78 is 2.59. The average Bonchev–Trinajstić information content (AvgIpc) is 2.87. The van der Waals surface area contributed by atoms with Crippen LogP contribution in [0.25, 0.3) is 0 Å². The number of carboxylic acids is 1. The van der Waals surface area contributed by atoms with Crippen molar-refractivity contribution in [3.05, 3.63) is 33.5 Å². The standard InChI is InChI=1S/C19H18I3NO4/c1-2-9(19(26)27)7-12-13(20)8-14(21)16(15(12)22)23-17(24)10-5-3-4-6-11(10)18(23)25/h8-9H,2-7H2,1H3,(H,26,27). The van der Waals surface area contributed by atoms with Gasteiger partial charge in [-0.2, -0.15) is 0 Å². The Morgan fingerprint density at radius 1 is 1.11 bits per heavy atom. The van der Waals surface area contributed by atoms with Crippen LogP contribution < -0.4 is 4.90 Å². The first-order valence-electron chi connectivity index (χ1n) is 8.77. The third-order valence-electron chi connectivity index (χ3n) is 5.15. The summed E-state index contributed by atoms with van der Waals surface area (Å²) in [4.78, 5) is 38.8. The Kier molecular flexibility index (Phi) is 6.87. The van der Waals surface area contributed by atoms with Crippen LogP contribution in [0.3, 0.4) is 0 Å². The van der Waals surface area contributed by atoms with Crippen molar-refractivity contribution >= 4 is 91.2 Å². The van der Waals surface area contributed by atoms with E-state index >= 15 is 0 Å². The summed E-state index contributed by atoms with van der Waals surface area (Å²) in [6.07, 6.45) is 4.12. The molecule has 1 heterocycles. The molecule has 1 unspecified atom stereocenters. The second kappa shape index (κ2) is 8.64. The van der Waals surface area contributed by atoms with E-state index in [4.69, 9.17) is 0 Å². The second-order valence-corrected chi connectivity index (χ2v) is 10.1. The Morgan fingerprint density at radius 2 is 1.67 bits per heavy atom. The molecular weight excluding hydrogens is 687 g/mol. The Labute approximate surface area is 198 Å². The Balaban J connectivity index is 2.07. The smallest absolute Gasteiger partial charge is 0.306 e. The number of nitrogens with zero attached hydrogens (tertiary/aromatic N) is 1. The fourth-order valence-corrected chi connectivity index (χ4v) is 7.90. The lowest BCUT2D eigenvalue weighted by Gasteiger charge is -2.23. The number of imide groups is 1. The lowest BCUT2D eigenvalue weighted by molar-refractivity contribution is -0.141. The first-order chi connectivity index (χ1) is 12.8. The first-order valence-corrected chi connectivity index (χ1v) is 12.0. The lowest BCUT2D eigenvalue weighted by atomic mass is 9.93. The van der Waals surface area contributed by atoms with Crippen molar-refractivity contribution in [1.82, 2.24) is 0 Å². The topological polar surface area (TPSA) is 74.7 Å². The van der Waals surface area contributed by atoms with Crippen LogP contribution in [-0.2, 0) is 20.8 Å². The van der Waals surface area contributed by atoms with Crippen LogP contribution in [0.1, 0.15) is 44.6 Å². The van der Waals surface area contributed by atoms with Gasteiger partial charge in [0.1, 0.15) is 0 Å². The molecule has 0 spiro atoms. The number of carboxylic acid groups (broad SMARTS) is 1. The zero-order valence-electron chi connectivity index (χ0n) is 14.7. The first kappa shape index (κ1) is 21.5. The SMILES string of the molecule is CCC(Cc1c(I)cc(I)c(N2C(=O)C3=C(CCCC3)C2=O)c1I)C(=O)O. The molecule has 0 saturated carbocycles. The quantitative estimate of drug-likeness (QED) is 0.350. The zero-order valence-corrected chi connectivity index (χ0v) is 21.1. The summed E-state index contributed by atoms with van der Waals surface area (Å²) in [5.41, 5.74) is 2.83. The minimum absolute atomic E-state index is 0.206. The monoisotopic (exact) mass is 705 g/mol. The molecule has 1 aromatic carbocycles. The van der Waals surface area contributed by atoms with Crippen LogP contribution in [0.4, 0.5) is 5.69 Å². The van der Waals surface area contributed by atoms with Gasteiger partial charge in [-0.1, -0.05) is 6.92 Å². The van der Waals surface area contributed by atoms with Gasteiger partial charge in [0.05, 0.1) is 11.6 Å². The molecule has 2 aliphatic rings. The van der Waals surface area contributed by atoms with E-state index in [-0.39, 0.29) is 11.8 Å². The number of rotatable bonds is 5. The predicted octanol–water partition coefficient (Wildman–Crippen LogP) is 4.90. The highest BCUT2D eigenvalue weighted by Crippen LogP contribution is 2.41. The number of anilines is 1. The lowest BCUT2D eigenvalue weighted by Crippen LogP contribution is -2.33. The van der Waals surface area contributed by atoms with Gasteiger partial charge in [-0.05, 0) is 118 Å². The van der Waals surface area contributed by atoms with Gasteiger partial charge in [0.25, 0.3) is 11.8 Å². The second-order valence-electron chi connectivity index (χ2n) is 6.74. The minimum atomic E-state index is -0.824. The summed E-state index contributed by atoms with van der Waals surface area (Å²) >= 11 is 6.53. The van der Waals surface area contributed by atoms with Gasteiger partial charge in [0.2, 0.25) is 0 Å². The Hall–Kier alpha value is -0.240. The van der Waals surface area contributed by atoms with Gasteiger partial charge in [0, 0.05) is 21.9 Å². The molecule has 1 aliphatic heterocycles. The summed E-state index contributed by atoms with van der Waals surface area (Å²) in [5, 5.41) is 9.44. The highest BCUT2D eigenvalue weighted by atomic mass is 127. The average molecular weight is 705 g/mol. The molecule has 5 nitrogen and oxygen atoms in total. The van der Waals surface area contributed by atoms with Crippen LogP contribution in [0.5, 0.6) is 0 Å². The normalized spacial score (nSPS) is 18.1. The van der Waals surface area contributed by atoms with E-state index in [1.54, 1.807) is 0 Å². The van der Waals surface area contributed by atoms with Crippen molar-refractivity contribution in [3.63, 3.8) is 0 Å². The van der Waals surface area contributed by atoms with Crippen molar-refractivity contribution < 1.29 is 19.5 Å². The molecule has 0 bridgehead atoms.